The number of fused-ring (bicyclic) bond motifs is 1. The van der Waals surface area contributed by atoms with Crippen LogP contribution in [0.15, 0.2) is 10.2 Å². The molecule has 0 saturated heterocycles. The Morgan fingerprint density at radius 2 is 1.94 bits per heavy atom. The molecule has 2 rings (SSSR count). The molecule has 1 aromatic rings. The Morgan fingerprint density at radius 1 is 1.22 bits per heavy atom. The van der Waals surface area contributed by atoms with Crippen LogP contribution < -0.4 is 10.2 Å². The maximum Gasteiger partial charge on any atom is 0.190 e. The molecular weight excluding hydrogens is 284 g/mol. The zero-order valence-electron chi connectivity index (χ0n) is 10.8. The third-order valence-electron chi connectivity index (χ3n) is 2.57. The van der Waals surface area contributed by atoms with Crippen LogP contribution in [0.5, 0.6) is 0 Å². The van der Waals surface area contributed by atoms with Gasteiger partial charge in [0, 0.05) is 6.54 Å². The highest BCUT2D eigenvalue weighted by atomic mass is 32.2. The van der Waals surface area contributed by atoms with E-state index in [0.717, 1.165) is 39.7 Å². The van der Waals surface area contributed by atoms with Crippen molar-refractivity contribution >= 4 is 47.7 Å². The fourth-order valence-corrected chi connectivity index (χ4v) is 3.57. The number of thioether (sulfide) groups is 2. The van der Waals surface area contributed by atoms with E-state index in [9.17, 15) is 0 Å². The second kappa shape index (κ2) is 6.25. The van der Waals surface area contributed by atoms with Gasteiger partial charge in [-0.25, -0.2) is 9.97 Å². The fourth-order valence-electron chi connectivity index (χ4n) is 1.82. The molecule has 0 spiro atoms. The molecule has 0 aromatic carbocycles. The van der Waals surface area contributed by atoms with Crippen molar-refractivity contribution in [2.45, 2.75) is 36.5 Å². The maximum atomic E-state index is 4.64. The molecule has 18 heavy (non-hydrogen) atoms. The van der Waals surface area contributed by atoms with E-state index < -0.39 is 0 Å². The lowest BCUT2D eigenvalue weighted by Crippen LogP contribution is -2.30. The van der Waals surface area contributed by atoms with Gasteiger partial charge in [-0.2, -0.15) is 0 Å². The zero-order chi connectivity index (χ0) is 13.1. The van der Waals surface area contributed by atoms with E-state index in [1.54, 1.807) is 23.5 Å². The highest BCUT2D eigenvalue weighted by Gasteiger charge is 2.30. The van der Waals surface area contributed by atoms with E-state index in [1.165, 1.54) is 0 Å². The molecule has 0 fully saturated rings. The largest absolute Gasteiger partial charge is 0.352 e. The van der Waals surface area contributed by atoms with Crippen LogP contribution in [-0.2, 0) is 0 Å². The van der Waals surface area contributed by atoms with Crippen molar-refractivity contribution in [3.05, 3.63) is 0 Å². The third-order valence-corrected chi connectivity index (χ3v) is 4.57. The number of rotatable bonds is 5. The lowest BCUT2D eigenvalue weighted by molar-refractivity contribution is 0.833. The fraction of sp³-hybridized carbons (Fsp3) is 0.636. The zero-order valence-corrected chi connectivity index (χ0v) is 13.3. The molecular formula is C11H18N4S3. The van der Waals surface area contributed by atoms with Crippen LogP contribution in [0.25, 0.3) is 0 Å². The molecule has 1 atom stereocenters. The predicted octanol–water partition coefficient (Wildman–Crippen LogP) is 3.17. The highest BCUT2D eigenvalue weighted by Crippen LogP contribution is 2.41. The lowest BCUT2D eigenvalue weighted by atomic mass is 10.5. The van der Waals surface area contributed by atoms with Crippen molar-refractivity contribution in [1.82, 2.24) is 9.97 Å². The van der Waals surface area contributed by atoms with Crippen molar-refractivity contribution in [2.24, 2.45) is 0 Å². The van der Waals surface area contributed by atoms with Gasteiger partial charge in [-0.15, -0.1) is 24.4 Å². The van der Waals surface area contributed by atoms with E-state index in [0.29, 0.717) is 0 Å². The predicted molar refractivity (Wildman–Crippen MR) is 84.2 cm³/mol. The Morgan fingerprint density at radius 3 is 2.56 bits per heavy atom. The van der Waals surface area contributed by atoms with Gasteiger partial charge in [0.1, 0.15) is 16.2 Å². The summed E-state index contributed by atoms with van der Waals surface area (Å²) < 4.78 is 0. The van der Waals surface area contributed by atoms with Crippen LogP contribution in [-0.4, -0.2) is 33.5 Å². The molecule has 1 N–H and O–H groups in total. The highest BCUT2D eigenvalue weighted by molar-refractivity contribution is 7.99. The van der Waals surface area contributed by atoms with Crippen LogP contribution in [0.4, 0.5) is 11.5 Å². The molecule has 0 saturated carbocycles. The standard InChI is InChI=1S/C11H18N4S3/c1-4-15-8-7(12-11(15)16)9(17-5-2)14-10(13-8)18-6-3/h11-12,16H,4-6H2,1-3H3. The van der Waals surface area contributed by atoms with Gasteiger partial charge in [-0.05, 0) is 18.4 Å². The normalized spacial score (nSPS) is 17.8. The Hall–Kier alpha value is -0.270. The maximum absolute atomic E-state index is 4.64. The molecule has 2 heterocycles. The quantitative estimate of drug-likeness (QED) is 0.377. The molecule has 1 aliphatic heterocycles. The SMILES string of the molecule is CCSc1nc(SCC)c2c(n1)N(CC)C(S)N2. The first-order valence-corrected chi connectivity index (χ1v) is 8.58. The lowest BCUT2D eigenvalue weighted by Gasteiger charge is -2.19. The summed E-state index contributed by atoms with van der Waals surface area (Å²) in [5.41, 5.74) is 1.03. The first-order valence-electron chi connectivity index (χ1n) is 6.10. The van der Waals surface area contributed by atoms with Gasteiger partial charge in [0.15, 0.2) is 11.0 Å². The number of nitrogens with one attached hydrogen (secondary N) is 1. The first kappa shape index (κ1) is 14.1. The van der Waals surface area contributed by atoms with Crippen LogP contribution in [0.2, 0.25) is 0 Å². The molecule has 0 bridgehead atoms. The summed E-state index contributed by atoms with van der Waals surface area (Å²) >= 11 is 7.97. The van der Waals surface area contributed by atoms with Crippen molar-refractivity contribution in [3.63, 3.8) is 0 Å². The van der Waals surface area contributed by atoms with E-state index in [2.05, 4.69) is 53.6 Å². The van der Waals surface area contributed by atoms with Crippen molar-refractivity contribution < 1.29 is 0 Å². The van der Waals surface area contributed by atoms with E-state index in [1.807, 2.05) is 0 Å². The summed E-state index contributed by atoms with van der Waals surface area (Å²) in [6.45, 7) is 7.25. The number of hydrogen-bond donors (Lipinski definition) is 2. The summed E-state index contributed by atoms with van der Waals surface area (Å²) in [7, 11) is 0. The van der Waals surface area contributed by atoms with Gasteiger partial charge >= 0.3 is 0 Å². The summed E-state index contributed by atoms with van der Waals surface area (Å²) in [5, 5.41) is 5.25. The molecule has 100 valence electrons. The van der Waals surface area contributed by atoms with Gasteiger partial charge in [0.2, 0.25) is 0 Å². The summed E-state index contributed by atoms with van der Waals surface area (Å²) in [4.78, 5) is 11.4. The minimum atomic E-state index is -0.00242. The second-order valence-corrected chi connectivity index (χ2v) is 6.65. The van der Waals surface area contributed by atoms with Gasteiger partial charge in [0.05, 0.1) is 0 Å². The van der Waals surface area contributed by atoms with Crippen LogP contribution in [0.3, 0.4) is 0 Å². The number of thiol groups is 1. The van der Waals surface area contributed by atoms with Crippen LogP contribution >= 0.6 is 36.2 Å². The van der Waals surface area contributed by atoms with Crippen molar-refractivity contribution in [2.75, 3.05) is 28.3 Å². The Labute approximate surface area is 122 Å². The topological polar surface area (TPSA) is 41.1 Å². The molecule has 0 radical (unpaired) electrons. The van der Waals surface area contributed by atoms with E-state index in [-0.39, 0.29) is 5.50 Å². The molecule has 1 aliphatic rings. The molecule has 4 nitrogen and oxygen atoms in total. The number of hydrogen-bond acceptors (Lipinski definition) is 7. The van der Waals surface area contributed by atoms with Gasteiger partial charge in [-0.3, -0.25) is 0 Å². The average molecular weight is 302 g/mol. The Kier molecular flexibility index (Phi) is 4.91. The molecule has 0 amide bonds. The second-order valence-electron chi connectivity index (χ2n) is 3.68. The number of anilines is 2. The first-order chi connectivity index (χ1) is 8.71. The Bertz CT molecular complexity index is 427. The van der Waals surface area contributed by atoms with E-state index in [4.69, 9.17) is 0 Å². The van der Waals surface area contributed by atoms with Crippen LogP contribution in [0.1, 0.15) is 20.8 Å². The third kappa shape index (κ3) is 2.67. The monoisotopic (exact) mass is 302 g/mol. The Balaban J connectivity index is 2.43. The molecule has 1 unspecified atom stereocenters. The van der Waals surface area contributed by atoms with Gasteiger partial charge in [-0.1, -0.05) is 25.6 Å². The summed E-state index contributed by atoms with van der Waals surface area (Å²) in [5.74, 6) is 2.98. The van der Waals surface area contributed by atoms with E-state index >= 15 is 0 Å². The minimum Gasteiger partial charge on any atom is -0.352 e. The molecule has 7 heteroatoms. The minimum absolute atomic E-state index is 0.00242. The van der Waals surface area contributed by atoms with Crippen molar-refractivity contribution in [1.29, 1.82) is 0 Å². The molecule has 1 aromatic heterocycles. The average Bonchev–Trinajstić information content (AvgIpc) is 2.66. The van der Waals surface area contributed by atoms with Crippen LogP contribution in [0, 0.1) is 0 Å². The summed E-state index contributed by atoms with van der Waals surface area (Å²) in [6, 6.07) is 0. The smallest absolute Gasteiger partial charge is 0.190 e. The van der Waals surface area contributed by atoms with Gasteiger partial charge in [0.25, 0.3) is 0 Å². The van der Waals surface area contributed by atoms with Gasteiger partial charge < -0.3 is 10.2 Å². The number of aromatic nitrogens is 2. The molecule has 0 aliphatic carbocycles. The summed E-state index contributed by atoms with van der Waals surface area (Å²) in [6.07, 6.45) is 0. The number of nitrogens with zero attached hydrogens (tertiary/aromatic N) is 3. The van der Waals surface area contributed by atoms with Crippen molar-refractivity contribution in [3.8, 4) is 0 Å².